The summed E-state index contributed by atoms with van der Waals surface area (Å²) < 4.78 is 0. The minimum absolute atomic E-state index is 0.0769. The fourth-order valence-electron chi connectivity index (χ4n) is 1.64. The zero-order chi connectivity index (χ0) is 9.26. The number of likely N-dealkylation sites (tertiary alicyclic amines) is 1. The average molecular weight is 181 g/mol. The molecule has 71 valence electrons. The van der Waals surface area contributed by atoms with Crippen LogP contribution >= 0.6 is 0 Å². The van der Waals surface area contributed by atoms with Gasteiger partial charge in [0, 0.05) is 19.3 Å². The minimum atomic E-state index is -0.620. The molecule has 0 spiro atoms. The Hall–Kier alpha value is -0.840. The van der Waals surface area contributed by atoms with Crippen molar-refractivity contribution in [2.45, 2.75) is 18.4 Å². The quantitative estimate of drug-likeness (QED) is 0.477. The fourth-order valence-corrected chi connectivity index (χ4v) is 1.64. The molecule has 2 heterocycles. The van der Waals surface area contributed by atoms with Crippen LogP contribution in [0, 0.1) is 6.08 Å². The summed E-state index contributed by atoms with van der Waals surface area (Å²) in [5, 5.41) is 21.7. The maximum absolute atomic E-state index is 9.33. The van der Waals surface area contributed by atoms with Crippen LogP contribution in [-0.4, -0.2) is 46.6 Å². The Morgan fingerprint density at radius 2 is 2.00 bits per heavy atom. The van der Waals surface area contributed by atoms with Gasteiger partial charge in [-0.15, -0.1) is 0 Å². The van der Waals surface area contributed by atoms with E-state index >= 15 is 0 Å². The third kappa shape index (κ3) is 1.75. The van der Waals surface area contributed by atoms with Crippen molar-refractivity contribution in [2.75, 3.05) is 13.1 Å². The molecule has 0 saturated carbocycles. The molecule has 4 nitrogen and oxygen atoms in total. The van der Waals surface area contributed by atoms with Crippen LogP contribution in [0.5, 0.6) is 0 Å². The molecule has 2 aliphatic rings. The molecule has 0 unspecified atom stereocenters. The lowest BCUT2D eigenvalue weighted by molar-refractivity contribution is 0.0572. The first-order chi connectivity index (χ1) is 6.27. The zero-order valence-corrected chi connectivity index (χ0v) is 7.22. The normalized spacial score (nSPS) is 39.4. The number of rotatable bonds is 1. The molecule has 0 aromatic rings. The van der Waals surface area contributed by atoms with Crippen molar-refractivity contribution < 1.29 is 10.2 Å². The molecule has 1 fully saturated rings. The van der Waals surface area contributed by atoms with E-state index in [4.69, 9.17) is 0 Å². The van der Waals surface area contributed by atoms with Gasteiger partial charge in [-0.1, -0.05) is 6.08 Å². The number of dihydropyridines is 1. The number of aliphatic hydroxyl groups excluding tert-OH is 2. The molecule has 2 aliphatic heterocycles. The molecule has 3 N–H and O–H groups in total. The molecule has 1 saturated heterocycles. The lowest BCUT2D eigenvalue weighted by Crippen LogP contribution is -2.42. The first kappa shape index (κ1) is 8.74. The Bertz CT molecular complexity index is 230. The van der Waals surface area contributed by atoms with E-state index in [2.05, 4.69) is 11.4 Å². The minimum Gasteiger partial charge on any atom is -0.389 e. The van der Waals surface area contributed by atoms with Crippen molar-refractivity contribution >= 4 is 0 Å². The second-order valence-electron chi connectivity index (χ2n) is 3.37. The largest absolute Gasteiger partial charge is 0.389 e. The smallest absolute Gasteiger partial charge is 0.0987 e. The van der Waals surface area contributed by atoms with Crippen LogP contribution in [0.15, 0.2) is 18.4 Å². The molecule has 0 aliphatic carbocycles. The summed E-state index contributed by atoms with van der Waals surface area (Å²) in [6.07, 6.45) is 7.25. The van der Waals surface area contributed by atoms with Gasteiger partial charge in [0.25, 0.3) is 0 Å². The van der Waals surface area contributed by atoms with Crippen molar-refractivity contribution in [1.82, 2.24) is 10.2 Å². The number of nitrogens with one attached hydrogen (secondary N) is 1. The Morgan fingerprint density at radius 1 is 1.31 bits per heavy atom. The predicted octanol–water partition coefficient (Wildman–Crippen LogP) is -1.17. The molecular weight excluding hydrogens is 168 g/mol. The third-order valence-corrected chi connectivity index (χ3v) is 2.39. The van der Waals surface area contributed by atoms with Crippen molar-refractivity contribution in [2.24, 2.45) is 0 Å². The standard InChI is InChI=1S/C9H13N2O2/c12-7-5-11(6-8(7)13)9-3-1-2-4-10-9/h1,3-4,7-10,12-13H,5-6H2/t7-,8-,9+/m0/s1. The number of hydrogen-bond donors (Lipinski definition) is 3. The van der Waals surface area contributed by atoms with Crippen LogP contribution < -0.4 is 5.32 Å². The number of aliphatic hydroxyl groups is 2. The summed E-state index contributed by atoms with van der Waals surface area (Å²) in [7, 11) is 0. The SMILES string of the molecule is O[C@H]1CN([C@@H]2C=C[C]=CN2)C[C@@H]1O. The predicted molar refractivity (Wildman–Crippen MR) is 47.5 cm³/mol. The third-order valence-electron chi connectivity index (χ3n) is 2.39. The van der Waals surface area contributed by atoms with Crippen LogP contribution in [0.2, 0.25) is 0 Å². The molecule has 1 radical (unpaired) electrons. The van der Waals surface area contributed by atoms with Gasteiger partial charge in [-0.25, -0.2) is 0 Å². The molecule has 4 heteroatoms. The number of nitrogens with zero attached hydrogens (tertiary/aromatic N) is 1. The van der Waals surface area contributed by atoms with E-state index in [1.54, 1.807) is 6.20 Å². The van der Waals surface area contributed by atoms with Gasteiger partial charge in [0.05, 0.1) is 18.4 Å². The highest BCUT2D eigenvalue weighted by Gasteiger charge is 2.32. The summed E-state index contributed by atoms with van der Waals surface area (Å²) in [6, 6.07) is 0. The fraction of sp³-hybridized carbons (Fsp3) is 0.556. The van der Waals surface area contributed by atoms with Gasteiger partial charge in [0.15, 0.2) is 0 Å². The van der Waals surface area contributed by atoms with Gasteiger partial charge >= 0.3 is 0 Å². The van der Waals surface area contributed by atoms with Crippen LogP contribution in [0.25, 0.3) is 0 Å². The molecule has 0 aromatic carbocycles. The maximum atomic E-state index is 9.33. The van der Waals surface area contributed by atoms with Gasteiger partial charge in [-0.3, -0.25) is 4.90 Å². The molecule has 13 heavy (non-hydrogen) atoms. The zero-order valence-electron chi connectivity index (χ0n) is 7.22. The Morgan fingerprint density at radius 3 is 2.54 bits per heavy atom. The topological polar surface area (TPSA) is 55.7 Å². The summed E-state index contributed by atoms with van der Waals surface area (Å²) in [4.78, 5) is 1.99. The molecule has 0 aromatic heterocycles. The van der Waals surface area contributed by atoms with Gasteiger partial charge in [0.2, 0.25) is 0 Å². The molecule has 2 rings (SSSR count). The summed E-state index contributed by atoms with van der Waals surface area (Å²) >= 11 is 0. The van der Waals surface area contributed by atoms with E-state index in [0.717, 1.165) is 0 Å². The van der Waals surface area contributed by atoms with Crippen LogP contribution in [-0.2, 0) is 0 Å². The Balaban J connectivity index is 1.95. The second kappa shape index (κ2) is 3.49. The van der Waals surface area contributed by atoms with Gasteiger partial charge in [-0.2, -0.15) is 0 Å². The first-order valence-electron chi connectivity index (χ1n) is 4.38. The van der Waals surface area contributed by atoms with Crippen molar-refractivity contribution in [1.29, 1.82) is 0 Å². The number of β-amino-alcohol motifs (C(OH)–C–C–N with tert-alkyl or cyclic N) is 2. The van der Waals surface area contributed by atoms with Crippen LogP contribution in [0.4, 0.5) is 0 Å². The lowest BCUT2D eigenvalue weighted by atomic mass is 10.3. The first-order valence-corrected chi connectivity index (χ1v) is 4.38. The van der Waals surface area contributed by atoms with Crippen molar-refractivity contribution in [3.63, 3.8) is 0 Å². The molecule has 0 bridgehead atoms. The van der Waals surface area contributed by atoms with E-state index in [1.165, 1.54) is 0 Å². The maximum Gasteiger partial charge on any atom is 0.0987 e. The highest BCUT2D eigenvalue weighted by molar-refractivity contribution is 5.08. The lowest BCUT2D eigenvalue weighted by Gasteiger charge is -2.25. The summed E-state index contributed by atoms with van der Waals surface area (Å²) in [5.74, 6) is 0. The highest BCUT2D eigenvalue weighted by Crippen LogP contribution is 2.13. The monoisotopic (exact) mass is 181 g/mol. The van der Waals surface area contributed by atoms with Crippen molar-refractivity contribution in [3.05, 3.63) is 24.4 Å². The van der Waals surface area contributed by atoms with Gasteiger partial charge < -0.3 is 15.5 Å². The molecule has 3 atom stereocenters. The molecule has 0 amide bonds. The highest BCUT2D eigenvalue weighted by atomic mass is 16.3. The van der Waals surface area contributed by atoms with E-state index in [0.29, 0.717) is 13.1 Å². The number of hydrogen-bond acceptors (Lipinski definition) is 4. The Labute approximate surface area is 77.2 Å². The summed E-state index contributed by atoms with van der Waals surface area (Å²) in [6.45, 7) is 1.02. The van der Waals surface area contributed by atoms with Crippen molar-refractivity contribution in [3.8, 4) is 0 Å². The average Bonchev–Trinajstić information content (AvgIpc) is 2.49. The van der Waals surface area contributed by atoms with E-state index in [1.807, 2.05) is 17.1 Å². The second-order valence-corrected chi connectivity index (χ2v) is 3.37. The van der Waals surface area contributed by atoms with Gasteiger partial charge in [0.1, 0.15) is 0 Å². The molecular formula is C9H13N2O2. The van der Waals surface area contributed by atoms with Crippen LogP contribution in [0.3, 0.4) is 0 Å². The van der Waals surface area contributed by atoms with Crippen LogP contribution in [0.1, 0.15) is 0 Å². The summed E-state index contributed by atoms with van der Waals surface area (Å²) in [5.41, 5.74) is 0. The van der Waals surface area contributed by atoms with E-state index < -0.39 is 12.2 Å². The van der Waals surface area contributed by atoms with Gasteiger partial charge in [-0.05, 0) is 12.2 Å². The van der Waals surface area contributed by atoms with E-state index in [-0.39, 0.29) is 6.17 Å². The number of allylic oxidation sites excluding steroid dienone is 2. The van der Waals surface area contributed by atoms with E-state index in [9.17, 15) is 10.2 Å². The Kier molecular flexibility index (Phi) is 2.35.